The zero-order valence-electron chi connectivity index (χ0n) is 23.8. The molecule has 216 valence electrons. The summed E-state index contributed by atoms with van der Waals surface area (Å²) >= 11 is 0. The lowest BCUT2D eigenvalue weighted by Crippen LogP contribution is -2.56. The van der Waals surface area contributed by atoms with Crippen molar-refractivity contribution in [2.75, 3.05) is 51.3 Å². The van der Waals surface area contributed by atoms with E-state index in [1.54, 1.807) is 0 Å². The third-order valence-electron chi connectivity index (χ3n) is 9.43. The average Bonchev–Trinajstić information content (AvgIpc) is 3.47. The fourth-order valence-corrected chi connectivity index (χ4v) is 7.10. The van der Waals surface area contributed by atoms with Crippen molar-refractivity contribution >= 4 is 22.8 Å². The number of hydrogen-bond acceptors (Lipinski definition) is 7. The number of anilines is 1. The summed E-state index contributed by atoms with van der Waals surface area (Å²) < 4.78 is 20.0. The fraction of sp³-hybridized carbons (Fsp3) is 0.469. The van der Waals surface area contributed by atoms with E-state index in [0.29, 0.717) is 48.5 Å². The number of benzene rings is 1. The lowest BCUT2D eigenvalue weighted by Gasteiger charge is -2.39. The van der Waals surface area contributed by atoms with Crippen LogP contribution in [0.2, 0.25) is 0 Å². The molecule has 4 aliphatic rings. The van der Waals surface area contributed by atoms with Crippen LogP contribution in [-0.4, -0.2) is 89.1 Å². The Morgan fingerprint density at radius 1 is 1.24 bits per heavy atom. The number of rotatable bonds is 7. The van der Waals surface area contributed by atoms with Crippen LogP contribution in [-0.2, 0) is 11.2 Å². The van der Waals surface area contributed by atoms with Crippen molar-refractivity contribution in [2.24, 2.45) is 5.92 Å². The number of fused-ring (bicyclic) bond motifs is 4. The van der Waals surface area contributed by atoms with Gasteiger partial charge in [0.05, 0.1) is 5.52 Å². The number of halogens is 1. The fourth-order valence-electron chi connectivity index (χ4n) is 7.10. The van der Waals surface area contributed by atoms with Gasteiger partial charge in [-0.1, -0.05) is 24.8 Å². The quantitative estimate of drug-likeness (QED) is 0.312. The van der Waals surface area contributed by atoms with Crippen LogP contribution in [0.1, 0.15) is 36.3 Å². The standard InChI is InChI=1S/C32H34FN7O2/c1-19(33)31(41)40-11-10-39(17-24(40)16-34-2)30-29-27(36-32(37-30)42-18-23-7-5-9-38(23)3)14-22(15-35-29)25-8-4-6-20-12-21-13-26(21)28(20)25/h4,6,8,14-15,21,23-24,26H,1,5,7,9-13,16-18H2,3H3/t21-,23+,24+,26+/m1/s1. The molecule has 2 aliphatic carbocycles. The number of carbonyl (C=O) groups is 1. The molecular weight excluding hydrogens is 533 g/mol. The van der Waals surface area contributed by atoms with Crippen LogP contribution in [0.15, 0.2) is 42.9 Å². The summed E-state index contributed by atoms with van der Waals surface area (Å²) in [5, 5.41) is 0. The van der Waals surface area contributed by atoms with Crippen molar-refractivity contribution in [3.63, 3.8) is 0 Å². The predicted molar refractivity (Wildman–Crippen MR) is 158 cm³/mol. The molecule has 2 saturated heterocycles. The number of carbonyl (C=O) groups excluding carboxylic acids is 1. The van der Waals surface area contributed by atoms with Crippen LogP contribution in [0.5, 0.6) is 6.01 Å². The topological polar surface area (TPSA) is 79.1 Å². The maximum atomic E-state index is 13.8. The Morgan fingerprint density at radius 3 is 2.90 bits per heavy atom. The van der Waals surface area contributed by atoms with Gasteiger partial charge in [0, 0.05) is 37.4 Å². The van der Waals surface area contributed by atoms with Gasteiger partial charge in [-0.15, -0.1) is 0 Å². The average molecular weight is 568 g/mol. The van der Waals surface area contributed by atoms with E-state index >= 15 is 0 Å². The van der Waals surface area contributed by atoms with Crippen LogP contribution in [0.3, 0.4) is 0 Å². The second-order valence-corrected chi connectivity index (χ2v) is 12.0. The van der Waals surface area contributed by atoms with Crippen LogP contribution in [0, 0.1) is 12.5 Å². The molecule has 1 amide bonds. The Morgan fingerprint density at radius 2 is 2.12 bits per heavy atom. The number of piperazine rings is 1. The summed E-state index contributed by atoms with van der Waals surface area (Å²) in [4.78, 5) is 36.3. The molecule has 0 unspecified atom stereocenters. The van der Waals surface area contributed by atoms with E-state index in [4.69, 9.17) is 26.3 Å². The highest BCUT2D eigenvalue weighted by molar-refractivity contribution is 5.92. The molecule has 9 nitrogen and oxygen atoms in total. The number of nitrogens with zero attached hydrogens (tertiary/aromatic N) is 7. The molecule has 7 rings (SSSR count). The molecule has 0 N–H and O–H groups in total. The Kier molecular flexibility index (Phi) is 6.77. The highest BCUT2D eigenvalue weighted by Crippen LogP contribution is 2.58. The highest BCUT2D eigenvalue weighted by atomic mass is 19.1. The van der Waals surface area contributed by atoms with E-state index in [1.807, 2.05) is 11.1 Å². The smallest absolute Gasteiger partial charge is 0.319 e. The summed E-state index contributed by atoms with van der Waals surface area (Å²) in [7, 11) is 2.11. The Bertz CT molecular complexity index is 1620. The van der Waals surface area contributed by atoms with E-state index < -0.39 is 17.8 Å². The van der Waals surface area contributed by atoms with Gasteiger partial charge in [-0.25, -0.2) is 11.0 Å². The number of likely N-dealkylation sites (tertiary alicyclic amines) is 1. The van der Waals surface area contributed by atoms with Gasteiger partial charge in [0.15, 0.2) is 11.6 Å². The molecule has 3 fully saturated rings. The van der Waals surface area contributed by atoms with Crippen LogP contribution < -0.4 is 9.64 Å². The van der Waals surface area contributed by atoms with Crippen LogP contribution >= 0.6 is 0 Å². The summed E-state index contributed by atoms with van der Waals surface area (Å²) in [6.07, 6.45) is 6.53. The Hall–Kier alpha value is -4.10. The zero-order valence-corrected chi connectivity index (χ0v) is 23.8. The predicted octanol–water partition coefficient (Wildman–Crippen LogP) is 4.24. The Balaban J connectivity index is 1.26. The third-order valence-corrected chi connectivity index (χ3v) is 9.43. The first-order chi connectivity index (χ1) is 20.4. The van der Waals surface area contributed by atoms with E-state index in [-0.39, 0.29) is 19.1 Å². The number of amides is 1. The minimum absolute atomic E-state index is 0.0504. The van der Waals surface area contributed by atoms with Crippen LogP contribution in [0.4, 0.5) is 10.2 Å². The minimum Gasteiger partial charge on any atom is -0.462 e. The molecule has 2 aromatic heterocycles. The number of ether oxygens (including phenoxy) is 1. The molecule has 2 aliphatic heterocycles. The molecule has 0 bridgehead atoms. The normalized spacial score (nSPS) is 24.8. The van der Waals surface area contributed by atoms with E-state index in [1.165, 1.54) is 28.0 Å². The van der Waals surface area contributed by atoms with Gasteiger partial charge in [0.2, 0.25) is 6.54 Å². The van der Waals surface area contributed by atoms with Crippen molar-refractivity contribution in [3.8, 4) is 17.1 Å². The van der Waals surface area contributed by atoms with Gasteiger partial charge >= 0.3 is 6.01 Å². The molecule has 1 aromatic carbocycles. The zero-order chi connectivity index (χ0) is 29.0. The maximum absolute atomic E-state index is 13.8. The van der Waals surface area contributed by atoms with E-state index in [2.05, 4.69) is 47.6 Å². The van der Waals surface area contributed by atoms with E-state index in [0.717, 1.165) is 37.3 Å². The molecule has 0 spiro atoms. The van der Waals surface area contributed by atoms with Crippen LogP contribution in [0.25, 0.3) is 27.0 Å². The first-order valence-corrected chi connectivity index (χ1v) is 14.8. The van der Waals surface area contributed by atoms with Gasteiger partial charge in [-0.05, 0) is 73.9 Å². The largest absolute Gasteiger partial charge is 0.462 e. The molecule has 0 radical (unpaired) electrons. The third kappa shape index (κ3) is 4.75. The molecule has 1 saturated carbocycles. The van der Waals surface area contributed by atoms with Gasteiger partial charge < -0.3 is 24.3 Å². The number of likely N-dealkylation sites (N-methyl/N-ethyl adjacent to an activating group) is 1. The summed E-state index contributed by atoms with van der Waals surface area (Å²) in [6.45, 7) is 13.2. The number of aromatic nitrogens is 3. The van der Waals surface area contributed by atoms with Gasteiger partial charge in [-0.3, -0.25) is 9.78 Å². The SMILES string of the molecule is [C-]#[N+]C[C@H]1CN(c2nc(OC[C@@H]3CCCN3C)nc3cc(-c4cccc5c4[C@H]4C[C@H]4C5)cnc23)CCN1C(=O)C(=C)F. The van der Waals surface area contributed by atoms with Crippen molar-refractivity contribution in [2.45, 2.75) is 43.7 Å². The van der Waals surface area contributed by atoms with Crippen molar-refractivity contribution < 1.29 is 13.9 Å². The highest BCUT2D eigenvalue weighted by Gasteiger charge is 2.46. The maximum Gasteiger partial charge on any atom is 0.319 e. The molecule has 4 heterocycles. The molecular formula is C32H34FN7O2. The molecule has 3 aromatic rings. The number of hydrogen-bond donors (Lipinski definition) is 0. The number of pyridine rings is 1. The minimum atomic E-state index is -1.02. The summed E-state index contributed by atoms with van der Waals surface area (Å²) in [5.41, 5.74) is 6.47. The molecule has 42 heavy (non-hydrogen) atoms. The summed E-state index contributed by atoms with van der Waals surface area (Å²) in [6, 6.07) is 8.73. The lowest BCUT2D eigenvalue weighted by molar-refractivity contribution is -0.131. The molecule has 10 heteroatoms. The van der Waals surface area contributed by atoms with E-state index in [9.17, 15) is 9.18 Å². The van der Waals surface area contributed by atoms with Gasteiger partial charge in [0.25, 0.3) is 5.91 Å². The lowest BCUT2D eigenvalue weighted by atomic mass is 9.95. The van der Waals surface area contributed by atoms with Crippen molar-refractivity contribution in [1.29, 1.82) is 0 Å². The second kappa shape index (κ2) is 10.6. The molecule has 4 atom stereocenters. The van der Waals surface area contributed by atoms with Gasteiger partial charge in [-0.2, -0.15) is 9.97 Å². The second-order valence-electron chi connectivity index (χ2n) is 12.0. The van der Waals surface area contributed by atoms with Crippen molar-refractivity contribution in [1.82, 2.24) is 24.8 Å². The summed E-state index contributed by atoms with van der Waals surface area (Å²) in [5.74, 6) is 0.243. The van der Waals surface area contributed by atoms with Gasteiger partial charge in [0.1, 0.15) is 18.2 Å². The first kappa shape index (κ1) is 26.8. The first-order valence-electron chi connectivity index (χ1n) is 14.8. The van der Waals surface area contributed by atoms with Crippen molar-refractivity contribution in [3.05, 3.63) is 65.4 Å². The Labute approximate surface area is 244 Å². The monoisotopic (exact) mass is 567 g/mol.